The maximum atomic E-state index is 11.6. The Morgan fingerprint density at radius 1 is 1.27 bits per heavy atom. The predicted molar refractivity (Wildman–Crippen MR) is 65.7 cm³/mol. The minimum Gasteiger partial charge on any atom is -0.453 e. The molecule has 1 saturated carbocycles. The zero-order valence-corrected chi connectivity index (χ0v) is 12.3. The van der Waals surface area contributed by atoms with Crippen LogP contribution in [0, 0.1) is 0 Å². The monoisotopic (exact) mass is 339 g/mol. The number of carbonyl (C=O) groups excluding carboxylic acids is 1. The summed E-state index contributed by atoms with van der Waals surface area (Å²) in [6.45, 7) is 4.27. The van der Waals surface area contributed by atoms with Gasteiger partial charge in [-0.25, -0.2) is 4.79 Å². The van der Waals surface area contributed by atoms with Crippen LogP contribution in [0.5, 0.6) is 0 Å². The third-order valence-corrected chi connectivity index (χ3v) is 6.67. The van der Waals surface area contributed by atoms with Crippen LogP contribution in [-0.4, -0.2) is 38.8 Å². The van der Waals surface area contributed by atoms with E-state index in [1.54, 1.807) is 0 Å². The molecule has 0 bridgehead atoms. The lowest BCUT2D eigenvalue weighted by atomic mass is 9.82. The molecule has 86 valence electrons. The van der Waals surface area contributed by atoms with Gasteiger partial charge in [0.15, 0.2) is 0 Å². The van der Waals surface area contributed by atoms with Gasteiger partial charge >= 0.3 is 6.09 Å². The number of nitrogens with zero attached hydrogens (tertiary/aromatic N) is 1. The number of halogens is 2. The molecular weight excluding hydrogens is 326 g/mol. The number of ether oxygens (including phenoxy) is 1. The van der Waals surface area contributed by atoms with Crippen molar-refractivity contribution in [2.75, 3.05) is 7.11 Å². The van der Waals surface area contributed by atoms with E-state index in [1.165, 1.54) is 7.11 Å². The van der Waals surface area contributed by atoms with Crippen LogP contribution in [0.15, 0.2) is 0 Å². The second-order valence-corrected chi connectivity index (χ2v) is 7.15. The van der Waals surface area contributed by atoms with Crippen molar-refractivity contribution >= 4 is 38.0 Å². The van der Waals surface area contributed by atoms with Crippen molar-refractivity contribution in [1.82, 2.24) is 4.90 Å². The van der Waals surface area contributed by atoms with Crippen molar-refractivity contribution in [2.24, 2.45) is 0 Å². The topological polar surface area (TPSA) is 29.3 Å². The highest BCUT2D eigenvalue weighted by Crippen LogP contribution is 2.62. The summed E-state index contributed by atoms with van der Waals surface area (Å²) in [5, 5.41) is 0. The van der Waals surface area contributed by atoms with Crippen LogP contribution in [0.25, 0.3) is 0 Å². The standard InChI is InChI=1S/C10H15Br2NO2/c1-9-4-6(11)7(12)5-10(9,2)13(9)8(14)15-3/h6-7H,4-5H2,1-3H3/t6-,7-,9-,10+,13?/m1/s1. The van der Waals surface area contributed by atoms with Gasteiger partial charge in [0.25, 0.3) is 0 Å². The van der Waals surface area contributed by atoms with Gasteiger partial charge in [0.05, 0.1) is 18.2 Å². The van der Waals surface area contributed by atoms with Gasteiger partial charge in [0.2, 0.25) is 0 Å². The molecule has 1 amide bonds. The molecular formula is C10H15Br2NO2. The average Bonchev–Trinajstić information content (AvgIpc) is 2.62. The summed E-state index contributed by atoms with van der Waals surface area (Å²) in [5.74, 6) is 0. The van der Waals surface area contributed by atoms with Crippen molar-refractivity contribution < 1.29 is 9.53 Å². The molecule has 0 aromatic heterocycles. The second-order valence-electron chi connectivity index (χ2n) is 4.79. The number of hydrogen-bond donors (Lipinski definition) is 0. The molecule has 0 aromatic rings. The van der Waals surface area contributed by atoms with E-state index in [9.17, 15) is 4.79 Å². The van der Waals surface area contributed by atoms with Gasteiger partial charge in [-0.2, -0.15) is 0 Å². The molecule has 15 heavy (non-hydrogen) atoms. The van der Waals surface area contributed by atoms with Crippen molar-refractivity contribution in [2.45, 2.75) is 47.4 Å². The van der Waals surface area contributed by atoms with E-state index in [0.717, 1.165) is 12.8 Å². The molecule has 2 aliphatic rings. The highest BCUT2D eigenvalue weighted by molar-refractivity contribution is 9.12. The van der Waals surface area contributed by atoms with E-state index < -0.39 is 0 Å². The molecule has 1 aliphatic heterocycles. The summed E-state index contributed by atoms with van der Waals surface area (Å²) in [6.07, 6.45) is 1.73. The molecule has 5 heteroatoms. The summed E-state index contributed by atoms with van der Waals surface area (Å²) in [6, 6.07) is 0. The minimum atomic E-state index is -0.207. The van der Waals surface area contributed by atoms with Gasteiger partial charge in [-0.05, 0) is 26.7 Å². The number of hydrogen-bond acceptors (Lipinski definition) is 2. The van der Waals surface area contributed by atoms with Crippen molar-refractivity contribution in [3.8, 4) is 0 Å². The van der Waals surface area contributed by atoms with Gasteiger partial charge in [0, 0.05) is 9.65 Å². The number of likely N-dealkylation sites (tertiary alicyclic amines) is 1. The molecule has 0 spiro atoms. The summed E-state index contributed by atoms with van der Waals surface area (Å²) in [5.41, 5.74) is -0.0862. The summed E-state index contributed by atoms with van der Waals surface area (Å²) in [7, 11) is 1.44. The lowest BCUT2D eigenvalue weighted by Crippen LogP contribution is -2.36. The Morgan fingerprint density at radius 3 is 2.00 bits per heavy atom. The lowest BCUT2D eigenvalue weighted by Gasteiger charge is -2.28. The summed E-state index contributed by atoms with van der Waals surface area (Å²) < 4.78 is 4.82. The Morgan fingerprint density at radius 2 is 1.67 bits per heavy atom. The number of alkyl halides is 2. The largest absolute Gasteiger partial charge is 0.453 e. The van der Waals surface area contributed by atoms with Crippen LogP contribution in [0.2, 0.25) is 0 Å². The second kappa shape index (κ2) is 3.36. The third-order valence-electron chi connectivity index (χ3n) is 4.03. The number of fused-ring (bicyclic) bond motifs is 1. The summed E-state index contributed by atoms with van der Waals surface area (Å²) in [4.78, 5) is 14.4. The predicted octanol–water partition coefficient (Wildman–Crippen LogP) is 2.91. The molecule has 0 radical (unpaired) electrons. The van der Waals surface area contributed by atoms with E-state index in [2.05, 4.69) is 45.7 Å². The molecule has 2 fully saturated rings. The normalized spacial score (nSPS) is 48.5. The Bertz CT molecular complexity index is 290. The Hall–Kier alpha value is 0.230. The quantitative estimate of drug-likeness (QED) is 0.501. The van der Waals surface area contributed by atoms with Gasteiger partial charge < -0.3 is 4.74 Å². The first-order valence-corrected chi connectivity index (χ1v) is 6.86. The van der Waals surface area contributed by atoms with E-state index in [4.69, 9.17) is 4.74 Å². The van der Waals surface area contributed by atoms with E-state index in [-0.39, 0.29) is 17.2 Å². The fourth-order valence-electron chi connectivity index (χ4n) is 2.86. The molecule has 0 N–H and O–H groups in total. The molecule has 2 rings (SSSR count). The highest BCUT2D eigenvalue weighted by Gasteiger charge is 2.74. The molecule has 0 unspecified atom stereocenters. The first kappa shape index (κ1) is 11.7. The van der Waals surface area contributed by atoms with E-state index in [0.29, 0.717) is 9.65 Å². The molecule has 1 aliphatic carbocycles. The van der Waals surface area contributed by atoms with Crippen molar-refractivity contribution in [3.05, 3.63) is 0 Å². The molecule has 1 heterocycles. The van der Waals surface area contributed by atoms with Crippen LogP contribution in [0.4, 0.5) is 4.79 Å². The van der Waals surface area contributed by atoms with Crippen LogP contribution in [-0.2, 0) is 4.74 Å². The maximum absolute atomic E-state index is 11.6. The van der Waals surface area contributed by atoms with Crippen LogP contribution in [0.1, 0.15) is 26.7 Å². The van der Waals surface area contributed by atoms with Crippen LogP contribution < -0.4 is 0 Å². The fourth-order valence-corrected chi connectivity index (χ4v) is 4.50. The SMILES string of the molecule is COC(=O)N1[C@]2(C)C[C@@H](Br)[C@H](Br)C[C@]12C. The Balaban J connectivity index is 2.23. The molecule has 1 saturated heterocycles. The van der Waals surface area contributed by atoms with Crippen LogP contribution >= 0.6 is 31.9 Å². The van der Waals surface area contributed by atoms with E-state index in [1.807, 2.05) is 4.90 Å². The van der Waals surface area contributed by atoms with Crippen molar-refractivity contribution in [1.29, 1.82) is 0 Å². The number of rotatable bonds is 0. The fraction of sp³-hybridized carbons (Fsp3) is 0.900. The smallest absolute Gasteiger partial charge is 0.410 e. The van der Waals surface area contributed by atoms with Crippen LogP contribution in [0.3, 0.4) is 0 Å². The molecule has 3 nitrogen and oxygen atoms in total. The Kier molecular flexibility index (Phi) is 2.62. The first-order chi connectivity index (χ1) is 6.87. The third kappa shape index (κ3) is 1.38. The zero-order valence-electron chi connectivity index (χ0n) is 9.09. The number of amides is 1. The van der Waals surface area contributed by atoms with Gasteiger partial charge in [0.1, 0.15) is 0 Å². The van der Waals surface area contributed by atoms with Gasteiger partial charge in [-0.3, -0.25) is 4.90 Å². The highest BCUT2D eigenvalue weighted by atomic mass is 79.9. The maximum Gasteiger partial charge on any atom is 0.410 e. The zero-order chi connectivity index (χ0) is 11.4. The number of carbonyl (C=O) groups is 1. The van der Waals surface area contributed by atoms with Gasteiger partial charge in [-0.1, -0.05) is 31.9 Å². The molecule has 0 aromatic carbocycles. The van der Waals surface area contributed by atoms with Gasteiger partial charge in [-0.15, -0.1) is 0 Å². The summed E-state index contributed by atoms with van der Waals surface area (Å²) >= 11 is 7.31. The first-order valence-electron chi connectivity index (χ1n) is 5.03. The van der Waals surface area contributed by atoms with Crippen molar-refractivity contribution in [3.63, 3.8) is 0 Å². The molecule has 4 atom stereocenters. The number of methoxy groups -OCH3 is 1. The average molecular weight is 341 g/mol. The van der Waals surface area contributed by atoms with E-state index >= 15 is 0 Å². The minimum absolute atomic E-state index is 0.0431. The lowest BCUT2D eigenvalue weighted by molar-refractivity contribution is 0.143. The Labute approximate surface area is 107 Å².